The Hall–Kier alpha value is -2.21. The molecule has 1 aliphatic rings. The highest BCUT2D eigenvalue weighted by atomic mass is 32.1. The molecule has 3 rings (SSSR count). The lowest BCUT2D eigenvalue weighted by molar-refractivity contribution is -0.126. The zero-order chi connectivity index (χ0) is 18.7. The van der Waals surface area contributed by atoms with Crippen molar-refractivity contribution in [3.8, 4) is 11.3 Å². The average Bonchev–Trinajstić information content (AvgIpc) is 3.27. The third-order valence-electron chi connectivity index (χ3n) is 5.05. The van der Waals surface area contributed by atoms with E-state index in [0.29, 0.717) is 5.13 Å². The van der Waals surface area contributed by atoms with E-state index in [9.17, 15) is 9.59 Å². The molecule has 6 heteroatoms. The third-order valence-corrected chi connectivity index (χ3v) is 5.81. The molecule has 1 saturated carbocycles. The molecule has 0 saturated heterocycles. The molecule has 5 nitrogen and oxygen atoms in total. The second kappa shape index (κ2) is 7.99. The first-order chi connectivity index (χ1) is 12.4. The number of carbonyl (C=O) groups excluding carboxylic acids is 2. The van der Waals surface area contributed by atoms with E-state index in [1.54, 1.807) is 0 Å². The number of rotatable bonds is 5. The molecule has 2 amide bonds. The normalized spacial score (nSPS) is 15.7. The van der Waals surface area contributed by atoms with Crippen molar-refractivity contribution in [1.82, 2.24) is 10.3 Å². The highest BCUT2D eigenvalue weighted by molar-refractivity contribution is 7.14. The van der Waals surface area contributed by atoms with E-state index in [-0.39, 0.29) is 17.7 Å². The quantitative estimate of drug-likeness (QED) is 0.832. The highest BCUT2D eigenvalue weighted by Crippen LogP contribution is 2.30. The number of aryl methyl sites for hydroxylation is 2. The number of nitrogens with zero attached hydrogens (tertiary/aromatic N) is 1. The molecule has 1 heterocycles. The minimum Gasteiger partial charge on any atom is -0.344 e. The lowest BCUT2D eigenvalue weighted by Crippen LogP contribution is -2.47. The van der Waals surface area contributed by atoms with Crippen LogP contribution in [-0.4, -0.2) is 22.8 Å². The van der Waals surface area contributed by atoms with Crippen molar-refractivity contribution in [1.29, 1.82) is 0 Å². The Morgan fingerprint density at radius 1 is 1.19 bits per heavy atom. The topological polar surface area (TPSA) is 71.1 Å². The fraction of sp³-hybridized carbons (Fsp3) is 0.450. The van der Waals surface area contributed by atoms with Crippen LogP contribution >= 0.6 is 11.3 Å². The van der Waals surface area contributed by atoms with Gasteiger partial charge in [-0.3, -0.25) is 9.59 Å². The highest BCUT2D eigenvalue weighted by Gasteiger charge is 2.31. The largest absolute Gasteiger partial charge is 0.344 e. The van der Waals surface area contributed by atoms with Crippen molar-refractivity contribution in [3.63, 3.8) is 0 Å². The lowest BCUT2D eigenvalue weighted by Gasteiger charge is -2.22. The van der Waals surface area contributed by atoms with Crippen LogP contribution in [0, 0.1) is 19.8 Å². The van der Waals surface area contributed by atoms with Gasteiger partial charge in [0, 0.05) is 17.9 Å². The number of thiazole rings is 1. The summed E-state index contributed by atoms with van der Waals surface area (Å²) < 4.78 is 0. The number of benzene rings is 1. The minimum absolute atomic E-state index is 0.173. The molecule has 2 N–H and O–H groups in total. The predicted octanol–water partition coefficient (Wildman–Crippen LogP) is 4.06. The van der Waals surface area contributed by atoms with E-state index in [2.05, 4.69) is 41.6 Å². The Morgan fingerprint density at radius 2 is 1.92 bits per heavy atom. The van der Waals surface area contributed by atoms with E-state index >= 15 is 0 Å². The lowest BCUT2D eigenvalue weighted by atomic mass is 9.97. The number of hydrogen-bond acceptors (Lipinski definition) is 4. The SMILES string of the molecule is CC(=O)N[C@@H](C(=O)Nc1nc(-c2ccc(C)c(C)c2)cs1)C1CCCC1. The molecule has 0 unspecified atom stereocenters. The smallest absolute Gasteiger partial charge is 0.249 e. The van der Waals surface area contributed by atoms with Gasteiger partial charge in [0.1, 0.15) is 6.04 Å². The summed E-state index contributed by atoms with van der Waals surface area (Å²) in [5.74, 6) is -0.141. The Kier molecular flexibility index (Phi) is 5.71. The Bertz CT molecular complexity index is 809. The van der Waals surface area contributed by atoms with Gasteiger partial charge in [-0.1, -0.05) is 25.0 Å². The van der Waals surface area contributed by atoms with E-state index in [0.717, 1.165) is 36.9 Å². The maximum absolute atomic E-state index is 12.7. The molecule has 1 atom stereocenters. The third kappa shape index (κ3) is 4.30. The number of hydrogen-bond donors (Lipinski definition) is 2. The first kappa shape index (κ1) is 18.6. The number of aromatic nitrogens is 1. The van der Waals surface area contributed by atoms with Gasteiger partial charge in [-0.25, -0.2) is 4.98 Å². The van der Waals surface area contributed by atoms with Crippen molar-refractivity contribution in [3.05, 3.63) is 34.7 Å². The second-order valence-corrected chi connectivity index (χ2v) is 7.91. The van der Waals surface area contributed by atoms with Gasteiger partial charge in [0.15, 0.2) is 5.13 Å². The average molecular weight is 372 g/mol. The zero-order valence-electron chi connectivity index (χ0n) is 15.5. The van der Waals surface area contributed by atoms with Crippen molar-refractivity contribution in [2.24, 2.45) is 5.92 Å². The summed E-state index contributed by atoms with van der Waals surface area (Å²) in [6.07, 6.45) is 4.18. The fourth-order valence-corrected chi connectivity index (χ4v) is 4.18. The Labute approximate surface area is 158 Å². The van der Waals surface area contributed by atoms with Crippen LogP contribution in [0.3, 0.4) is 0 Å². The standard InChI is InChI=1S/C20H25N3O2S/c1-12-8-9-16(10-13(12)2)17-11-26-20(22-17)23-19(25)18(21-14(3)24)15-6-4-5-7-15/h8-11,15,18H,4-7H2,1-3H3,(H,21,24)(H,22,23,25)/t18-/m1/s1. The summed E-state index contributed by atoms with van der Waals surface area (Å²) in [5, 5.41) is 8.23. The van der Waals surface area contributed by atoms with Gasteiger partial charge in [-0.05, 0) is 49.8 Å². The minimum atomic E-state index is -0.482. The summed E-state index contributed by atoms with van der Waals surface area (Å²) in [4.78, 5) is 28.8. The predicted molar refractivity (Wildman–Crippen MR) is 105 cm³/mol. The van der Waals surface area contributed by atoms with Crippen LogP contribution < -0.4 is 10.6 Å². The Morgan fingerprint density at radius 3 is 2.58 bits per heavy atom. The van der Waals surface area contributed by atoms with Crippen molar-refractivity contribution < 1.29 is 9.59 Å². The molecule has 1 fully saturated rings. The number of anilines is 1. The van der Waals surface area contributed by atoms with Gasteiger partial charge in [-0.2, -0.15) is 0 Å². The molecular weight excluding hydrogens is 346 g/mol. The number of carbonyl (C=O) groups is 2. The number of amides is 2. The van der Waals surface area contributed by atoms with Crippen LogP contribution in [-0.2, 0) is 9.59 Å². The maximum Gasteiger partial charge on any atom is 0.249 e. The summed E-state index contributed by atoms with van der Waals surface area (Å²) in [7, 11) is 0. The van der Waals surface area contributed by atoms with Gasteiger partial charge in [0.25, 0.3) is 0 Å². The summed E-state index contributed by atoms with van der Waals surface area (Å²) >= 11 is 1.41. The van der Waals surface area contributed by atoms with Crippen LogP contribution in [0.1, 0.15) is 43.7 Å². The monoisotopic (exact) mass is 371 g/mol. The molecule has 1 aliphatic carbocycles. The first-order valence-electron chi connectivity index (χ1n) is 9.05. The molecule has 138 valence electrons. The molecule has 26 heavy (non-hydrogen) atoms. The molecule has 1 aromatic heterocycles. The molecule has 0 radical (unpaired) electrons. The number of nitrogens with one attached hydrogen (secondary N) is 2. The molecule has 0 aliphatic heterocycles. The molecular formula is C20H25N3O2S. The molecule has 1 aromatic carbocycles. The van der Waals surface area contributed by atoms with E-state index in [4.69, 9.17) is 0 Å². The van der Waals surface area contributed by atoms with Gasteiger partial charge in [-0.15, -0.1) is 11.3 Å². The summed E-state index contributed by atoms with van der Waals surface area (Å²) in [6, 6.07) is 5.75. The first-order valence-corrected chi connectivity index (χ1v) is 9.93. The van der Waals surface area contributed by atoms with Gasteiger partial charge in [0.2, 0.25) is 11.8 Å². The Balaban J connectivity index is 1.73. The van der Waals surface area contributed by atoms with E-state index in [1.807, 2.05) is 11.4 Å². The van der Waals surface area contributed by atoms with Crippen molar-refractivity contribution >= 4 is 28.3 Å². The summed E-state index contributed by atoms with van der Waals surface area (Å²) in [6.45, 7) is 5.61. The molecule has 0 spiro atoms. The van der Waals surface area contributed by atoms with Gasteiger partial charge < -0.3 is 10.6 Å². The van der Waals surface area contributed by atoms with Crippen molar-refractivity contribution in [2.45, 2.75) is 52.5 Å². The van der Waals surface area contributed by atoms with Crippen LogP contribution in [0.2, 0.25) is 0 Å². The fourth-order valence-electron chi connectivity index (χ4n) is 3.45. The van der Waals surface area contributed by atoms with Crippen LogP contribution in [0.25, 0.3) is 11.3 Å². The summed E-state index contributed by atoms with van der Waals surface area (Å²) in [5.41, 5.74) is 4.35. The van der Waals surface area contributed by atoms with Crippen molar-refractivity contribution in [2.75, 3.05) is 5.32 Å². The van der Waals surface area contributed by atoms with Crippen LogP contribution in [0.4, 0.5) is 5.13 Å². The van der Waals surface area contributed by atoms with Gasteiger partial charge in [0.05, 0.1) is 5.69 Å². The van der Waals surface area contributed by atoms with Crippen LogP contribution in [0.5, 0.6) is 0 Å². The van der Waals surface area contributed by atoms with Gasteiger partial charge >= 0.3 is 0 Å². The van der Waals surface area contributed by atoms with Crippen LogP contribution in [0.15, 0.2) is 23.6 Å². The zero-order valence-corrected chi connectivity index (χ0v) is 16.3. The van der Waals surface area contributed by atoms with E-state index < -0.39 is 6.04 Å². The second-order valence-electron chi connectivity index (χ2n) is 7.05. The molecule has 2 aromatic rings. The van der Waals surface area contributed by atoms with E-state index in [1.165, 1.54) is 29.4 Å². The molecule has 0 bridgehead atoms. The maximum atomic E-state index is 12.7.